The van der Waals surface area contributed by atoms with Gasteiger partial charge in [-0.05, 0) is 40.5 Å². The first-order chi connectivity index (χ1) is 14.6. The van der Waals surface area contributed by atoms with Gasteiger partial charge in [-0.15, -0.1) is 0 Å². The average Bonchev–Trinajstić information content (AvgIpc) is 2.69. The largest absolute Gasteiger partial charge is 0.379 e. The van der Waals surface area contributed by atoms with Crippen LogP contribution in [0.25, 0.3) is 0 Å². The Balaban J connectivity index is 3.77. The molecule has 184 valence electrons. The van der Waals surface area contributed by atoms with Crippen molar-refractivity contribution in [2.24, 2.45) is 5.73 Å². The Kier molecular flexibility index (Phi) is 16.6. The van der Waals surface area contributed by atoms with Gasteiger partial charge in [0.1, 0.15) is 0 Å². The third-order valence-electron chi connectivity index (χ3n) is 4.29. The first-order valence-corrected chi connectivity index (χ1v) is 11.1. The quantitative estimate of drug-likeness (QED) is 0.257. The van der Waals surface area contributed by atoms with E-state index in [9.17, 15) is 9.59 Å². The van der Waals surface area contributed by atoms with Crippen molar-refractivity contribution in [1.82, 2.24) is 5.32 Å². The van der Waals surface area contributed by atoms with Crippen molar-refractivity contribution >= 4 is 11.8 Å². The molecule has 0 spiro atoms. The molecule has 0 heterocycles. The number of rotatable bonds is 21. The molecule has 9 nitrogen and oxygen atoms in total. The highest BCUT2D eigenvalue weighted by molar-refractivity contribution is 5.75. The molecule has 0 saturated carbocycles. The number of hydrogen-bond donors (Lipinski definition) is 2. The summed E-state index contributed by atoms with van der Waals surface area (Å²) in [6.07, 6.45) is 2.24. The highest BCUT2D eigenvalue weighted by atomic mass is 16.6. The summed E-state index contributed by atoms with van der Waals surface area (Å²) in [6.45, 7) is 14.2. The molecule has 0 aliphatic carbocycles. The summed E-state index contributed by atoms with van der Waals surface area (Å²) in [5.41, 5.74) is 4.24. The molecule has 0 unspecified atom stereocenters. The second-order valence-electron chi connectivity index (χ2n) is 8.56. The maximum absolute atomic E-state index is 11.5. The molecule has 3 N–H and O–H groups in total. The van der Waals surface area contributed by atoms with Crippen molar-refractivity contribution in [3.63, 3.8) is 0 Å². The fraction of sp³-hybridized carbons (Fsp3) is 0.909. The molecule has 0 aromatic rings. The van der Waals surface area contributed by atoms with Crippen LogP contribution in [0, 0.1) is 0 Å². The molecule has 0 aliphatic heterocycles. The molecular weight excluding hydrogens is 404 g/mol. The van der Waals surface area contributed by atoms with Gasteiger partial charge in [0.15, 0.2) is 0 Å². The van der Waals surface area contributed by atoms with Gasteiger partial charge in [-0.3, -0.25) is 9.59 Å². The zero-order chi connectivity index (χ0) is 23.6. The second kappa shape index (κ2) is 17.3. The van der Waals surface area contributed by atoms with Crippen molar-refractivity contribution in [3.05, 3.63) is 0 Å². The molecule has 0 aliphatic rings. The fourth-order valence-electron chi connectivity index (χ4n) is 2.29. The van der Waals surface area contributed by atoms with E-state index in [2.05, 4.69) is 5.32 Å². The molecule has 0 rings (SSSR count). The smallest absolute Gasteiger partial charge is 0.222 e. The number of carbonyl (C=O) groups is 2. The summed E-state index contributed by atoms with van der Waals surface area (Å²) in [6, 6.07) is 0. The minimum absolute atomic E-state index is 0.0123. The number of primary amides is 1. The lowest BCUT2D eigenvalue weighted by Gasteiger charge is -2.32. The Labute approximate surface area is 187 Å². The van der Waals surface area contributed by atoms with Gasteiger partial charge in [0, 0.05) is 26.0 Å². The first kappa shape index (κ1) is 29.7. The van der Waals surface area contributed by atoms with Crippen LogP contribution < -0.4 is 11.1 Å². The van der Waals surface area contributed by atoms with Crippen LogP contribution in [0.2, 0.25) is 0 Å². The van der Waals surface area contributed by atoms with E-state index in [1.54, 1.807) is 0 Å². The number of amides is 2. The van der Waals surface area contributed by atoms with E-state index in [1.807, 2.05) is 34.6 Å². The van der Waals surface area contributed by atoms with E-state index in [0.717, 1.165) is 12.8 Å². The van der Waals surface area contributed by atoms with Crippen LogP contribution in [-0.2, 0) is 33.3 Å². The Bertz CT molecular complexity index is 484. The summed E-state index contributed by atoms with van der Waals surface area (Å²) in [7, 11) is 0. The average molecular weight is 449 g/mol. The number of hydrogen-bond acceptors (Lipinski definition) is 7. The van der Waals surface area contributed by atoms with Crippen LogP contribution in [0.5, 0.6) is 0 Å². The number of ether oxygens (including phenoxy) is 5. The summed E-state index contributed by atoms with van der Waals surface area (Å²) in [5.74, 6) is -0.357. The van der Waals surface area contributed by atoms with E-state index < -0.39 is 5.60 Å². The van der Waals surface area contributed by atoms with Crippen LogP contribution in [0.1, 0.15) is 60.3 Å². The van der Waals surface area contributed by atoms with Crippen LogP contribution in [0.15, 0.2) is 0 Å². The van der Waals surface area contributed by atoms with E-state index in [0.29, 0.717) is 65.8 Å². The summed E-state index contributed by atoms with van der Waals surface area (Å²) < 4.78 is 28.2. The van der Waals surface area contributed by atoms with Gasteiger partial charge in [0.2, 0.25) is 11.8 Å². The molecule has 0 saturated heterocycles. The SMILES string of the molecule is CCCNC(=O)CCOCCOC(C)(C)COC(C)(C)CCOCCOCCC(N)=O. The van der Waals surface area contributed by atoms with Crippen molar-refractivity contribution < 1.29 is 33.3 Å². The van der Waals surface area contributed by atoms with Crippen LogP contribution in [0.4, 0.5) is 0 Å². The van der Waals surface area contributed by atoms with E-state index in [4.69, 9.17) is 29.4 Å². The molecule has 9 heteroatoms. The molecule has 0 bridgehead atoms. The van der Waals surface area contributed by atoms with Crippen LogP contribution >= 0.6 is 0 Å². The minimum Gasteiger partial charge on any atom is -0.379 e. The highest BCUT2D eigenvalue weighted by Crippen LogP contribution is 2.19. The zero-order valence-electron chi connectivity index (χ0n) is 20.1. The van der Waals surface area contributed by atoms with Gasteiger partial charge in [-0.2, -0.15) is 0 Å². The minimum atomic E-state index is -0.450. The lowest BCUT2D eigenvalue weighted by Crippen LogP contribution is -2.38. The zero-order valence-corrected chi connectivity index (χ0v) is 20.1. The van der Waals surface area contributed by atoms with Gasteiger partial charge in [0.05, 0.1) is 57.5 Å². The molecular formula is C22H44N2O7. The van der Waals surface area contributed by atoms with Gasteiger partial charge in [-0.1, -0.05) is 6.92 Å². The van der Waals surface area contributed by atoms with Gasteiger partial charge in [0.25, 0.3) is 0 Å². The van der Waals surface area contributed by atoms with E-state index in [-0.39, 0.29) is 23.8 Å². The molecule has 0 aromatic heterocycles. The first-order valence-electron chi connectivity index (χ1n) is 11.1. The third kappa shape index (κ3) is 20.4. The topological polar surface area (TPSA) is 118 Å². The van der Waals surface area contributed by atoms with Crippen LogP contribution in [-0.4, -0.2) is 82.4 Å². The van der Waals surface area contributed by atoms with E-state index >= 15 is 0 Å². The monoisotopic (exact) mass is 448 g/mol. The summed E-state index contributed by atoms with van der Waals surface area (Å²) in [4.78, 5) is 22.1. The third-order valence-corrected chi connectivity index (χ3v) is 4.29. The van der Waals surface area contributed by atoms with Gasteiger partial charge in [-0.25, -0.2) is 0 Å². The lowest BCUT2D eigenvalue weighted by molar-refractivity contribution is -0.134. The predicted molar refractivity (Wildman–Crippen MR) is 119 cm³/mol. The molecule has 0 fully saturated rings. The van der Waals surface area contributed by atoms with Gasteiger partial charge >= 0.3 is 0 Å². The Hall–Kier alpha value is -1.26. The van der Waals surface area contributed by atoms with Crippen molar-refractivity contribution in [3.8, 4) is 0 Å². The number of nitrogens with one attached hydrogen (secondary N) is 1. The molecule has 2 amide bonds. The standard InChI is InChI=1S/C22H44N2O7/c1-6-10-24-20(26)8-12-28-16-17-30-22(4,5)18-31-21(2,3)9-13-29-15-14-27-11-7-19(23)25/h6-18H2,1-5H3,(H2,23,25)(H,24,26). The number of nitrogens with two attached hydrogens (primary N) is 1. The molecule has 0 radical (unpaired) electrons. The molecule has 0 aromatic carbocycles. The maximum Gasteiger partial charge on any atom is 0.222 e. The molecule has 31 heavy (non-hydrogen) atoms. The van der Waals surface area contributed by atoms with E-state index in [1.165, 1.54) is 0 Å². The van der Waals surface area contributed by atoms with Crippen molar-refractivity contribution in [1.29, 1.82) is 0 Å². The second-order valence-corrected chi connectivity index (χ2v) is 8.56. The predicted octanol–water partition coefficient (Wildman–Crippen LogP) is 1.81. The Morgan fingerprint density at radius 1 is 0.774 bits per heavy atom. The Morgan fingerprint density at radius 3 is 1.97 bits per heavy atom. The maximum atomic E-state index is 11.5. The van der Waals surface area contributed by atoms with Crippen molar-refractivity contribution in [2.75, 3.05) is 59.4 Å². The van der Waals surface area contributed by atoms with Crippen molar-refractivity contribution in [2.45, 2.75) is 71.5 Å². The number of carbonyl (C=O) groups excluding carboxylic acids is 2. The van der Waals surface area contributed by atoms with Crippen LogP contribution in [0.3, 0.4) is 0 Å². The molecule has 0 atom stereocenters. The fourth-order valence-corrected chi connectivity index (χ4v) is 2.29. The summed E-state index contributed by atoms with van der Waals surface area (Å²) in [5, 5.41) is 2.81. The Morgan fingerprint density at radius 2 is 1.35 bits per heavy atom. The lowest BCUT2D eigenvalue weighted by atomic mass is 10.0. The normalized spacial score (nSPS) is 12.2. The highest BCUT2D eigenvalue weighted by Gasteiger charge is 2.25. The summed E-state index contributed by atoms with van der Waals surface area (Å²) >= 11 is 0. The van der Waals surface area contributed by atoms with Gasteiger partial charge < -0.3 is 34.7 Å².